The Hall–Kier alpha value is -3.26. The molecule has 1 aliphatic rings. The van der Waals surface area contributed by atoms with Gasteiger partial charge in [-0.1, -0.05) is 66.0 Å². The number of ketones is 1. The Morgan fingerprint density at radius 2 is 1.68 bits per heavy atom. The van der Waals surface area contributed by atoms with Crippen LogP contribution in [0.1, 0.15) is 93.4 Å². The van der Waals surface area contributed by atoms with E-state index in [9.17, 15) is 9.59 Å². The van der Waals surface area contributed by atoms with Crippen LogP contribution in [0.2, 0.25) is 0 Å². The number of aliphatic imine (C=N–C) groups is 1. The molecule has 8 nitrogen and oxygen atoms in total. The van der Waals surface area contributed by atoms with E-state index in [2.05, 4.69) is 60.4 Å². The molecule has 230 valence electrons. The van der Waals surface area contributed by atoms with Crippen LogP contribution in [-0.2, 0) is 9.59 Å². The number of hydrogen-bond acceptors (Lipinski definition) is 6. The van der Waals surface area contributed by atoms with E-state index in [1.54, 1.807) is 18.2 Å². The Balaban J connectivity index is 0.00000137. The Bertz CT molecular complexity index is 1010. The number of nitrogens with one attached hydrogen (secondary N) is 2. The zero-order valence-corrected chi connectivity index (χ0v) is 27.2. The van der Waals surface area contributed by atoms with Crippen molar-refractivity contribution in [1.29, 1.82) is 0 Å². The van der Waals surface area contributed by atoms with Gasteiger partial charge in [0.25, 0.3) is 0 Å². The third-order valence-electron chi connectivity index (χ3n) is 6.02. The summed E-state index contributed by atoms with van der Waals surface area (Å²) in [6.07, 6.45) is 16.0. The Morgan fingerprint density at radius 3 is 2.20 bits per heavy atom. The normalized spacial score (nSPS) is 12.3. The molecule has 0 bridgehead atoms. The average Bonchev–Trinajstić information content (AvgIpc) is 3.20. The lowest BCUT2D eigenvalue weighted by atomic mass is 10.1. The van der Waals surface area contributed by atoms with Gasteiger partial charge in [-0.25, -0.2) is 9.98 Å². The number of rotatable bonds is 14. The van der Waals surface area contributed by atoms with Crippen LogP contribution < -0.4 is 15.5 Å². The minimum absolute atomic E-state index is 0.0757. The standard InChI is InChI=1S/C24H33N5O2.C5H12.C4H11N/c1-5-9-23(31)29(16-6-2)22-15-14-21(24(28-22)25-7-3)27-17-26-20-11-8-10-19(12-13-20)18(4)30;1-3-5-4-2;1-4-5(2)3/h8,11-15,17H,5-7,9-10,16H2,1-4H3,(H,25,28)(H,26,27);3-5H2,1-2H3;4H2,1-3H3. The smallest absolute Gasteiger partial charge is 0.228 e. The first-order valence-corrected chi connectivity index (χ1v) is 15.3. The molecule has 0 atom stereocenters. The fourth-order valence-electron chi connectivity index (χ4n) is 3.45. The van der Waals surface area contributed by atoms with Gasteiger partial charge in [0.2, 0.25) is 5.91 Å². The van der Waals surface area contributed by atoms with Crippen molar-refractivity contribution in [3.63, 3.8) is 0 Å². The van der Waals surface area contributed by atoms with Crippen LogP contribution in [0.5, 0.6) is 0 Å². The lowest BCUT2D eigenvalue weighted by molar-refractivity contribution is -0.118. The van der Waals surface area contributed by atoms with Gasteiger partial charge in [-0.15, -0.1) is 0 Å². The molecule has 1 aromatic rings. The molecule has 8 heteroatoms. The first kappa shape index (κ1) is 37.7. The largest absolute Gasteiger partial charge is 0.368 e. The lowest BCUT2D eigenvalue weighted by Crippen LogP contribution is -2.32. The van der Waals surface area contributed by atoms with Crippen LogP contribution in [0.15, 0.2) is 52.7 Å². The van der Waals surface area contributed by atoms with Gasteiger partial charge in [0, 0.05) is 25.2 Å². The number of pyridine rings is 1. The number of amides is 1. The molecule has 0 radical (unpaired) electrons. The molecule has 1 amide bonds. The summed E-state index contributed by atoms with van der Waals surface area (Å²) in [5.74, 6) is 1.43. The fourth-order valence-corrected chi connectivity index (χ4v) is 3.45. The van der Waals surface area contributed by atoms with Gasteiger partial charge >= 0.3 is 0 Å². The van der Waals surface area contributed by atoms with Gasteiger partial charge in [-0.2, -0.15) is 0 Å². The van der Waals surface area contributed by atoms with Crippen LogP contribution in [0, 0.1) is 0 Å². The highest BCUT2D eigenvalue weighted by Crippen LogP contribution is 2.26. The molecule has 0 aliphatic heterocycles. The number of anilines is 2. The van der Waals surface area contributed by atoms with E-state index < -0.39 is 0 Å². The second-order valence-electron chi connectivity index (χ2n) is 9.99. The topological polar surface area (TPSA) is 89.9 Å². The second kappa shape index (κ2) is 23.4. The van der Waals surface area contributed by atoms with Crippen molar-refractivity contribution in [3.8, 4) is 0 Å². The van der Waals surface area contributed by atoms with E-state index in [4.69, 9.17) is 0 Å². The fraction of sp³-hybridized carbons (Fsp3) is 0.576. The molecule has 2 rings (SSSR count). The highest BCUT2D eigenvalue weighted by atomic mass is 16.2. The van der Waals surface area contributed by atoms with Crippen molar-refractivity contribution in [2.75, 3.05) is 43.9 Å². The zero-order chi connectivity index (χ0) is 31.0. The number of allylic oxidation sites excluding steroid dienone is 5. The number of carbonyl (C=O) groups excluding carboxylic acids is 2. The van der Waals surface area contributed by atoms with Crippen LogP contribution in [0.25, 0.3) is 0 Å². The minimum atomic E-state index is 0.0757. The molecule has 41 heavy (non-hydrogen) atoms. The van der Waals surface area contributed by atoms with Crippen LogP contribution in [0.3, 0.4) is 0 Å². The lowest BCUT2D eigenvalue weighted by Gasteiger charge is -2.22. The van der Waals surface area contributed by atoms with Crippen molar-refractivity contribution in [2.24, 2.45) is 4.99 Å². The number of aromatic nitrogens is 1. The quantitative estimate of drug-likeness (QED) is 0.179. The summed E-state index contributed by atoms with van der Waals surface area (Å²) in [7, 11) is 4.11. The van der Waals surface area contributed by atoms with Gasteiger partial charge in [-0.05, 0) is 83.6 Å². The van der Waals surface area contributed by atoms with Crippen molar-refractivity contribution in [3.05, 3.63) is 47.7 Å². The first-order chi connectivity index (χ1) is 19.7. The van der Waals surface area contributed by atoms with Gasteiger partial charge in [0.1, 0.15) is 11.5 Å². The molecule has 0 fully saturated rings. The van der Waals surface area contributed by atoms with Crippen LogP contribution >= 0.6 is 0 Å². The summed E-state index contributed by atoms with van der Waals surface area (Å²) in [5.41, 5.74) is 2.29. The molecular weight excluding hydrogens is 512 g/mol. The van der Waals surface area contributed by atoms with Crippen molar-refractivity contribution >= 4 is 35.4 Å². The van der Waals surface area contributed by atoms with E-state index in [-0.39, 0.29) is 11.7 Å². The second-order valence-corrected chi connectivity index (χ2v) is 9.99. The molecule has 1 aliphatic carbocycles. The highest BCUT2D eigenvalue weighted by molar-refractivity contribution is 5.94. The predicted molar refractivity (Wildman–Crippen MR) is 177 cm³/mol. The van der Waals surface area contributed by atoms with Crippen molar-refractivity contribution < 1.29 is 9.59 Å². The SMILES string of the molecule is CCCC(=O)N(CCC)c1ccc(N=CNC2=CC=C(C(C)=O)CC=C2)c(NCC)n1.CCCCC.CCN(C)C. The number of carbonyl (C=O) groups is 2. The number of hydrogen-bond donors (Lipinski definition) is 2. The van der Waals surface area contributed by atoms with E-state index in [1.165, 1.54) is 19.3 Å². The molecule has 0 saturated carbocycles. The van der Waals surface area contributed by atoms with Gasteiger partial charge in [-0.3, -0.25) is 14.5 Å². The van der Waals surface area contributed by atoms with Crippen LogP contribution in [-0.4, -0.2) is 61.6 Å². The van der Waals surface area contributed by atoms with E-state index in [0.717, 1.165) is 30.7 Å². The van der Waals surface area contributed by atoms with Gasteiger partial charge in [0.05, 0.1) is 6.34 Å². The predicted octanol–water partition coefficient (Wildman–Crippen LogP) is 7.43. The third-order valence-corrected chi connectivity index (χ3v) is 6.02. The maximum absolute atomic E-state index is 12.5. The highest BCUT2D eigenvalue weighted by Gasteiger charge is 2.17. The van der Waals surface area contributed by atoms with Crippen molar-refractivity contribution in [2.45, 2.75) is 93.4 Å². The maximum atomic E-state index is 12.5. The van der Waals surface area contributed by atoms with E-state index >= 15 is 0 Å². The van der Waals surface area contributed by atoms with Crippen LogP contribution in [0.4, 0.5) is 17.3 Å². The molecule has 1 aromatic heterocycles. The van der Waals surface area contributed by atoms with E-state index in [1.807, 2.05) is 57.2 Å². The molecule has 0 saturated heterocycles. The summed E-state index contributed by atoms with van der Waals surface area (Å²) in [6, 6.07) is 3.70. The molecule has 0 unspecified atom stereocenters. The van der Waals surface area contributed by atoms with Gasteiger partial charge < -0.3 is 15.5 Å². The number of unbranched alkanes of at least 4 members (excludes halogenated alkanes) is 2. The van der Waals surface area contributed by atoms with Gasteiger partial charge in [0.15, 0.2) is 11.6 Å². The molecule has 2 N–H and O–H groups in total. The molecular formula is C33H56N6O2. The third kappa shape index (κ3) is 16.6. The minimum Gasteiger partial charge on any atom is -0.368 e. The summed E-state index contributed by atoms with van der Waals surface area (Å²) >= 11 is 0. The summed E-state index contributed by atoms with van der Waals surface area (Å²) in [6.45, 7) is 16.6. The summed E-state index contributed by atoms with van der Waals surface area (Å²) in [5, 5.41) is 6.37. The zero-order valence-electron chi connectivity index (χ0n) is 27.2. The molecule has 1 heterocycles. The Morgan fingerprint density at radius 1 is 1.00 bits per heavy atom. The Labute approximate surface area is 250 Å². The number of nitrogens with zero attached hydrogens (tertiary/aromatic N) is 4. The van der Waals surface area contributed by atoms with Crippen molar-refractivity contribution in [1.82, 2.24) is 15.2 Å². The molecule has 0 aromatic carbocycles. The summed E-state index contributed by atoms with van der Waals surface area (Å²) < 4.78 is 0. The number of Topliss-reactive ketones (excluding diaryl/α,β-unsaturated/α-hetero) is 1. The first-order valence-electron chi connectivity index (χ1n) is 15.3. The summed E-state index contributed by atoms with van der Waals surface area (Å²) in [4.78, 5) is 37.1. The molecule has 0 spiro atoms. The average molecular weight is 569 g/mol. The van der Waals surface area contributed by atoms with E-state index in [0.29, 0.717) is 43.3 Å². The monoisotopic (exact) mass is 568 g/mol. The maximum Gasteiger partial charge on any atom is 0.228 e. The Kier molecular flexibility index (Phi) is 21.6.